The predicted octanol–water partition coefficient (Wildman–Crippen LogP) is 0.316. The van der Waals surface area contributed by atoms with Crippen molar-refractivity contribution >= 4 is 5.97 Å². The molecule has 0 radical (unpaired) electrons. The number of carboxylic acids is 1. The summed E-state index contributed by atoms with van der Waals surface area (Å²) in [5.74, 6) is -5.34. The molecule has 0 bridgehead atoms. The van der Waals surface area contributed by atoms with Crippen LogP contribution in [0.25, 0.3) is 0 Å². The van der Waals surface area contributed by atoms with Crippen molar-refractivity contribution in [1.82, 2.24) is 5.32 Å². The van der Waals surface area contributed by atoms with Crippen molar-refractivity contribution in [1.29, 1.82) is 0 Å². The quantitative estimate of drug-likeness (QED) is 0.606. The number of rotatable bonds is 1. The molecular weight excluding hydrogens is 168 g/mol. The van der Waals surface area contributed by atoms with Crippen molar-refractivity contribution in [3.8, 4) is 0 Å². The first kappa shape index (κ1) is 7.91. The van der Waals surface area contributed by atoms with Crippen LogP contribution in [0.4, 0.5) is 8.78 Å². The molecule has 0 aromatic heterocycles. The van der Waals surface area contributed by atoms with Crippen LogP contribution >= 0.6 is 0 Å². The Labute approximate surface area is 67.8 Å². The molecule has 68 valence electrons. The van der Waals surface area contributed by atoms with E-state index in [0.717, 1.165) is 0 Å². The molecule has 0 amide bonds. The van der Waals surface area contributed by atoms with Gasteiger partial charge in [-0.05, 0) is 13.0 Å². The number of hydrogen-bond acceptors (Lipinski definition) is 2. The van der Waals surface area contributed by atoms with E-state index in [1.165, 1.54) is 0 Å². The minimum atomic E-state index is -3.00. The lowest BCUT2D eigenvalue weighted by atomic mass is 9.96. The molecule has 0 spiro atoms. The Morgan fingerprint density at radius 2 is 2.25 bits per heavy atom. The molecule has 2 atom stereocenters. The highest BCUT2D eigenvalue weighted by Crippen LogP contribution is 2.68. The summed E-state index contributed by atoms with van der Waals surface area (Å²) in [6, 6.07) is 0. The topological polar surface area (TPSA) is 49.3 Å². The van der Waals surface area contributed by atoms with Gasteiger partial charge >= 0.3 is 5.97 Å². The number of carbonyl (C=O) groups is 1. The lowest BCUT2D eigenvalue weighted by molar-refractivity contribution is -0.148. The zero-order valence-electron chi connectivity index (χ0n) is 6.31. The number of hydrogen-bond donors (Lipinski definition) is 2. The van der Waals surface area contributed by atoms with Gasteiger partial charge in [-0.25, -0.2) is 8.78 Å². The second kappa shape index (κ2) is 1.96. The number of carboxylic acid groups (broad SMARTS) is 1. The van der Waals surface area contributed by atoms with Gasteiger partial charge in [0.25, 0.3) is 5.92 Å². The average molecular weight is 177 g/mol. The molecular formula is C7H9F2NO2. The Morgan fingerprint density at radius 3 is 2.67 bits per heavy atom. The zero-order chi connectivity index (χ0) is 8.98. The largest absolute Gasteiger partial charge is 0.481 e. The molecule has 1 aliphatic heterocycles. The fraction of sp³-hybridized carbons (Fsp3) is 0.857. The summed E-state index contributed by atoms with van der Waals surface area (Å²) in [4.78, 5) is 10.6. The Hall–Kier alpha value is -0.710. The maximum atomic E-state index is 13.0. The molecule has 1 saturated heterocycles. The first-order valence-electron chi connectivity index (χ1n) is 3.85. The van der Waals surface area contributed by atoms with Crippen LogP contribution in [0.1, 0.15) is 6.42 Å². The molecule has 0 unspecified atom stereocenters. The van der Waals surface area contributed by atoms with E-state index in [0.29, 0.717) is 6.54 Å². The molecule has 2 aliphatic rings. The van der Waals surface area contributed by atoms with E-state index in [1.807, 2.05) is 0 Å². The van der Waals surface area contributed by atoms with Crippen LogP contribution in [0.15, 0.2) is 0 Å². The minimum Gasteiger partial charge on any atom is -0.481 e. The third kappa shape index (κ3) is 0.612. The molecule has 0 aromatic rings. The van der Waals surface area contributed by atoms with Crippen LogP contribution in [0.2, 0.25) is 0 Å². The minimum absolute atomic E-state index is 0.0417. The summed E-state index contributed by atoms with van der Waals surface area (Å²) in [6.07, 6.45) is 0.0417. The van der Waals surface area contributed by atoms with Crippen molar-refractivity contribution in [3.05, 3.63) is 0 Å². The molecule has 2 N–H and O–H groups in total. The summed E-state index contributed by atoms with van der Waals surface area (Å²) in [6.45, 7) is 0.498. The van der Waals surface area contributed by atoms with Crippen molar-refractivity contribution in [3.63, 3.8) is 0 Å². The lowest BCUT2D eigenvalue weighted by Gasteiger charge is -2.15. The Bertz CT molecular complexity index is 244. The third-order valence-corrected chi connectivity index (χ3v) is 2.97. The first-order valence-corrected chi connectivity index (χ1v) is 3.85. The summed E-state index contributed by atoms with van der Waals surface area (Å²) < 4.78 is 26.0. The van der Waals surface area contributed by atoms with Gasteiger partial charge in [-0.15, -0.1) is 0 Å². The molecule has 1 saturated carbocycles. The molecule has 2 rings (SSSR count). The molecule has 1 heterocycles. The van der Waals surface area contributed by atoms with E-state index >= 15 is 0 Å². The normalized spacial score (nSPS) is 43.3. The van der Waals surface area contributed by atoms with Crippen LogP contribution < -0.4 is 5.32 Å². The average Bonchev–Trinajstić information content (AvgIpc) is 2.52. The molecule has 5 heteroatoms. The van der Waals surface area contributed by atoms with E-state index < -0.39 is 23.2 Å². The van der Waals surface area contributed by atoms with Crippen LogP contribution in [0, 0.1) is 11.3 Å². The van der Waals surface area contributed by atoms with Gasteiger partial charge in [0.2, 0.25) is 0 Å². The fourth-order valence-electron chi connectivity index (χ4n) is 2.11. The molecule has 3 nitrogen and oxygen atoms in total. The Kier molecular flexibility index (Phi) is 1.29. The van der Waals surface area contributed by atoms with Crippen molar-refractivity contribution < 1.29 is 18.7 Å². The van der Waals surface area contributed by atoms with Gasteiger partial charge in [0.1, 0.15) is 5.41 Å². The highest BCUT2D eigenvalue weighted by molar-refractivity contribution is 5.81. The SMILES string of the molecule is O=C(O)[C@@]12CCNC[C@@H]1C2(F)F. The number of fused-ring (bicyclic) bond motifs is 1. The van der Waals surface area contributed by atoms with Gasteiger partial charge in [0, 0.05) is 6.54 Å². The summed E-state index contributed by atoms with van der Waals surface area (Å²) in [5.41, 5.74) is -1.74. The number of halogens is 2. The fourth-order valence-corrected chi connectivity index (χ4v) is 2.11. The predicted molar refractivity (Wildman–Crippen MR) is 36.0 cm³/mol. The van der Waals surface area contributed by atoms with Crippen LogP contribution in [-0.2, 0) is 4.79 Å². The second-order valence-corrected chi connectivity index (χ2v) is 3.41. The lowest BCUT2D eigenvalue weighted by Crippen LogP contribution is -2.34. The van der Waals surface area contributed by atoms with Crippen molar-refractivity contribution in [2.24, 2.45) is 11.3 Å². The van der Waals surface area contributed by atoms with E-state index in [-0.39, 0.29) is 13.0 Å². The van der Waals surface area contributed by atoms with E-state index in [1.54, 1.807) is 0 Å². The number of alkyl halides is 2. The van der Waals surface area contributed by atoms with Crippen LogP contribution in [0.5, 0.6) is 0 Å². The van der Waals surface area contributed by atoms with Crippen LogP contribution in [0.3, 0.4) is 0 Å². The summed E-state index contributed by atoms with van der Waals surface area (Å²) in [7, 11) is 0. The Balaban J connectivity index is 2.30. The van der Waals surface area contributed by atoms with Gasteiger partial charge in [0.05, 0.1) is 5.92 Å². The van der Waals surface area contributed by atoms with Crippen molar-refractivity contribution in [2.75, 3.05) is 13.1 Å². The van der Waals surface area contributed by atoms with Gasteiger partial charge in [0.15, 0.2) is 0 Å². The molecule has 12 heavy (non-hydrogen) atoms. The number of aliphatic carboxylic acids is 1. The van der Waals surface area contributed by atoms with Crippen LogP contribution in [-0.4, -0.2) is 30.1 Å². The second-order valence-electron chi connectivity index (χ2n) is 3.41. The zero-order valence-corrected chi connectivity index (χ0v) is 6.31. The van der Waals surface area contributed by atoms with E-state index in [2.05, 4.69) is 5.32 Å². The first-order chi connectivity index (χ1) is 5.53. The van der Waals surface area contributed by atoms with Crippen molar-refractivity contribution in [2.45, 2.75) is 12.3 Å². The molecule has 0 aromatic carbocycles. The third-order valence-electron chi connectivity index (χ3n) is 2.97. The molecule has 2 fully saturated rings. The van der Waals surface area contributed by atoms with Gasteiger partial charge in [-0.2, -0.15) is 0 Å². The summed E-state index contributed by atoms with van der Waals surface area (Å²) >= 11 is 0. The van der Waals surface area contributed by atoms with E-state index in [4.69, 9.17) is 5.11 Å². The Morgan fingerprint density at radius 1 is 1.58 bits per heavy atom. The van der Waals surface area contributed by atoms with Gasteiger partial charge < -0.3 is 10.4 Å². The number of nitrogens with one attached hydrogen (secondary N) is 1. The standard InChI is InChI=1S/C7H9F2NO2/c8-7(9)4-3-10-2-1-6(4,7)5(11)12/h4,10H,1-3H2,(H,11,12)/t4-,6+/m0/s1. The highest BCUT2D eigenvalue weighted by Gasteiger charge is 2.84. The monoisotopic (exact) mass is 177 g/mol. The summed E-state index contributed by atoms with van der Waals surface area (Å²) in [5, 5.41) is 11.4. The number of piperidine rings is 1. The van der Waals surface area contributed by atoms with E-state index in [9.17, 15) is 13.6 Å². The van der Waals surface area contributed by atoms with Gasteiger partial charge in [-0.1, -0.05) is 0 Å². The highest BCUT2D eigenvalue weighted by atomic mass is 19.3. The smallest absolute Gasteiger partial charge is 0.316 e. The molecule has 1 aliphatic carbocycles. The maximum Gasteiger partial charge on any atom is 0.316 e. The maximum absolute atomic E-state index is 13.0. The van der Waals surface area contributed by atoms with Gasteiger partial charge in [-0.3, -0.25) is 4.79 Å².